The predicted molar refractivity (Wildman–Crippen MR) is 80.6 cm³/mol. The van der Waals surface area contributed by atoms with Gasteiger partial charge >= 0.3 is 0 Å². The summed E-state index contributed by atoms with van der Waals surface area (Å²) in [5.41, 5.74) is 1.87. The molecule has 1 aromatic rings. The van der Waals surface area contributed by atoms with Gasteiger partial charge in [0.15, 0.2) is 0 Å². The van der Waals surface area contributed by atoms with Crippen LogP contribution in [0.15, 0.2) is 18.2 Å². The van der Waals surface area contributed by atoms with Crippen molar-refractivity contribution in [1.29, 1.82) is 0 Å². The topological polar surface area (TPSA) is 70.6 Å². The third-order valence-corrected chi connectivity index (χ3v) is 4.55. The van der Waals surface area contributed by atoms with Gasteiger partial charge in [-0.3, -0.25) is 4.79 Å². The molecule has 2 unspecified atom stereocenters. The summed E-state index contributed by atoms with van der Waals surface area (Å²) in [4.78, 5) is 12.4. The molecule has 0 aliphatic carbocycles. The minimum atomic E-state index is -0.956. The summed E-state index contributed by atoms with van der Waals surface area (Å²) in [6, 6.07) is 5.74. The zero-order chi connectivity index (χ0) is 14.9. The van der Waals surface area contributed by atoms with E-state index in [-0.39, 0.29) is 18.6 Å². The number of amides is 1. The van der Waals surface area contributed by atoms with Gasteiger partial charge in [-0.15, -0.1) is 0 Å². The quantitative estimate of drug-likeness (QED) is 0.785. The molecule has 0 saturated carbocycles. The molecule has 1 fully saturated rings. The lowest BCUT2D eigenvalue weighted by molar-refractivity contribution is -0.0251. The first kappa shape index (κ1) is 14.4. The Morgan fingerprint density at radius 3 is 3.19 bits per heavy atom. The molecule has 2 heterocycles. The lowest BCUT2D eigenvalue weighted by Gasteiger charge is -2.27. The van der Waals surface area contributed by atoms with E-state index in [9.17, 15) is 9.90 Å². The highest BCUT2D eigenvalue weighted by molar-refractivity contribution is 5.97. The highest BCUT2D eigenvalue weighted by atomic mass is 16.5. The Balaban J connectivity index is 1.71. The first-order valence-electron chi connectivity index (χ1n) is 7.58. The first-order valence-corrected chi connectivity index (χ1v) is 7.58. The maximum Gasteiger partial charge on any atom is 0.251 e. The second-order valence-corrected chi connectivity index (χ2v) is 5.91. The Labute approximate surface area is 124 Å². The summed E-state index contributed by atoms with van der Waals surface area (Å²) >= 11 is 0. The normalized spacial score (nSPS) is 27.8. The highest BCUT2D eigenvalue weighted by Crippen LogP contribution is 2.27. The zero-order valence-corrected chi connectivity index (χ0v) is 12.3. The molecule has 0 radical (unpaired) electrons. The van der Waals surface area contributed by atoms with Crippen LogP contribution in [0, 0.1) is 0 Å². The van der Waals surface area contributed by atoms with E-state index in [1.807, 2.05) is 25.1 Å². The number of rotatable bonds is 3. The summed E-state index contributed by atoms with van der Waals surface area (Å²) in [7, 11) is 0. The predicted octanol–water partition coefficient (Wildman–Crippen LogP) is 1.31. The molecule has 2 aliphatic heterocycles. The maximum absolute atomic E-state index is 12.4. The van der Waals surface area contributed by atoms with Gasteiger partial charge in [-0.25, -0.2) is 0 Å². The molecule has 3 rings (SSSR count). The van der Waals surface area contributed by atoms with Crippen molar-refractivity contribution in [2.75, 3.05) is 25.0 Å². The SMILES string of the molecule is CC1OCCC1(O)CNC(=O)c1cccc2c1CCCN2. The van der Waals surface area contributed by atoms with E-state index >= 15 is 0 Å². The lowest BCUT2D eigenvalue weighted by Crippen LogP contribution is -2.47. The maximum atomic E-state index is 12.4. The fourth-order valence-corrected chi connectivity index (χ4v) is 3.05. The van der Waals surface area contributed by atoms with Crippen molar-refractivity contribution in [3.63, 3.8) is 0 Å². The van der Waals surface area contributed by atoms with Gasteiger partial charge in [0.05, 0.1) is 6.10 Å². The first-order chi connectivity index (χ1) is 10.1. The molecule has 0 aromatic heterocycles. The van der Waals surface area contributed by atoms with E-state index in [0.29, 0.717) is 18.6 Å². The molecule has 3 N–H and O–H groups in total. The van der Waals surface area contributed by atoms with Gasteiger partial charge in [-0.1, -0.05) is 6.07 Å². The van der Waals surface area contributed by atoms with Crippen molar-refractivity contribution in [2.24, 2.45) is 0 Å². The van der Waals surface area contributed by atoms with E-state index in [0.717, 1.165) is 30.6 Å². The molecular weight excluding hydrogens is 268 g/mol. The summed E-state index contributed by atoms with van der Waals surface area (Å²) in [6.07, 6.45) is 2.26. The molecule has 1 amide bonds. The van der Waals surface area contributed by atoms with Crippen LogP contribution in [0.1, 0.15) is 35.7 Å². The van der Waals surface area contributed by atoms with Crippen molar-refractivity contribution in [3.05, 3.63) is 29.3 Å². The second-order valence-electron chi connectivity index (χ2n) is 5.91. The van der Waals surface area contributed by atoms with Crippen LogP contribution in [0.5, 0.6) is 0 Å². The number of benzene rings is 1. The molecule has 2 aliphatic rings. The molecule has 1 aromatic carbocycles. The van der Waals surface area contributed by atoms with E-state index in [2.05, 4.69) is 10.6 Å². The number of fused-ring (bicyclic) bond motifs is 1. The molecule has 5 nitrogen and oxygen atoms in total. The van der Waals surface area contributed by atoms with E-state index in [4.69, 9.17) is 4.74 Å². The van der Waals surface area contributed by atoms with E-state index in [1.54, 1.807) is 0 Å². The summed E-state index contributed by atoms with van der Waals surface area (Å²) in [6.45, 7) is 3.56. The summed E-state index contributed by atoms with van der Waals surface area (Å²) in [5.74, 6) is -0.122. The third kappa shape index (κ3) is 2.76. The Bertz CT molecular complexity index is 546. The number of carbonyl (C=O) groups excluding carboxylic acids is 1. The molecular formula is C16H22N2O3. The van der Waals surface area contributed by atoms with Crippen molar-refractivity contribution in [1.82, 2.24) is 5.32 Å². The van der Waals surface area contributed by atoms with Crippen LogP contribution < -0.4 is 10.6 Å². The fourth-order valence-electron chi connectivity index (χ4n) is 3.05. The van der Waals surface area contributed by atoms with Gasteiger partial charge in [-0.05, 0) is 37.5 Å². The summed E-state index contributed by atoms with van der Waals surface area (Å²) in [5, 5.41) is 16.6. The van der Waals surface area contributed by atoms with E-state index in [1.165, 1.54) is 0 Å². The Hall–Kier alpha value is -1.59. The Kier molecular flexibility index (Phi) is 3.87. The average molecular weight is 290 g/mol. The van der Waals surface area contributed by atoms with Gasteiger partial charge in [0.2, 0.25) is 0 Å². The van der Waals surface area contributed by atoms with Crippen molar-refractivity contribution in [3.8, 4) is 0 Å². The lowest BCUT2D eigenvalue weighted by atomic mass is 9.95. The molecule has 5 heteroatoms. The zero-order valence-electron chi connectivity index (χ0n) is 12.3. The standard InChI is InChI=1S/C16H22N2O3/c1-11-16(20,7-9-21-11)10-18-15(19)13-4-2-6-14-12(13)5-3-8-17-14/h2,4,6,11,17,20H,3,5,7-10H2,1H3,(H,18,19). The number of hydrogen-bond donors (Lipinski definition) is 3. The Morgan fingerprint density at radius 2 is 2.43 bits per heavy atom. The third-order valence-electron chi connectivity index (χ3n) is 4.55. The largest absolute Gasteiger partial charge is 0.385 e. The van der Waals surface area contributed by atoms with Crippen molar-refractivity contribution >= 4 is 11.6 Å². The number of ether oxygens (including phenoxy) is 1. The van der Waals surface area contributed by atoms with Crippen LogP contribution in [0.4, 0.5) is 5.69 Å². The van der Waals surface area contributed by atoms with Crippen molar-refractivity contribution in [2.45, 2.75) is 37.9 Å². The Morgan fingerprint density at radius 1 is 1.57 bits per heavy atom. The summed E-state index contributed by atoms with van der Waals surface area (Å²) < 4.78 is 5.39. The molecule has 0 spiro atoms. The highest BCUT2D eigenvalue weighted by Gasteiger charge is 2.39. The van der Waals surface area contributed by atoms with Gasteiger partial charge in [0.1, 0.15) is 5.60 Å². The second kappa shape index (κ2) is 5.66. The van der Waals surface area contributed by atoms with Crippen LogP contribution in [0.2, 0.25) is 0 Å². The molecule has 0 bridgehead atoms. The van der Waals surface area contributed by atoms with Crippen LogP contribution in [-0.4, -0.2) is 42.4 Å². The van der Waals surface area contributed by atoms with Crippen LogP contribution in [-0.2, 0) is 11.2 Å². The van der Waals surface area contributed by atoms with Crippen LogP contribution in [0.3, 0.4) is 0 Å². The molecule has 21 heavy (non-hydrogen) atoms. The number of carbonyl (C=O) groups is 1. The van der Waals surface area contributed by atoms with Gasteiger partial charge in [-0.2, -0.15) is 0 Å². The van der Waals surface area contributed by atoms with Gasteiger partial charge in [0.25, 0.3) is 5.91 Å². The van der Waals surface area contributed by atoms with Gasteiger partial charge < -0.3 is 20.5 Å². The molecule has 114 valence electrons. The monoisotopic (exact) mass is 290 g/mol. The van der Waals surface area contributed by atoms with Crippen LogP contribution in [0.25, 0.3) is 0 Å². The van der Waals surface area contributed by atoms with Crippen LogP contribution >= 0.6 is 0 Å². The number of nitrogens with one attached hydrogen (secondary N) is 2. The average Bonchev–Trinajstić information content (AvgIpc) is 2.84. The number of aliphatic hydroxyl groups is 1. The minimum absolute atomic E-state index is 0.122. The van der Waals surface area contributed by atoms with E-state index < -0.39 is 5.60 Å². The fraction of sp³-hybridized carbons (Fsp3) is 0.562. The molecule has 2 atom stereocenters. The van der Waals surface area contributed by atoms with Crippen molar-refractivity contribution < 1.29 is 14.6 Å². The smallest absolute Gasteiger partial charge is 0.251 e. The number of hydrogen-bond acceptors (Lipinski definition) is 4. The van der Waals surface area contributed by atoms with Gasteiger partial charge in [0, 0.05) is 37.4 Å². The molecule has 1 saturated heterocycles. The number of anilines is 1. The minimum Gasteiger partial charge on any atom is -0.385 e.